The molecule has 1 aliphatic rings. The zero-order valence-electron chi connectivity index (χ0n) is 9.04. The van der Waals surface area contributed by atoms with Crippen LogP contribution in [0.1, 0.15) is 28.3 Å². The van der Waals surface area contributed by atoms with Gasteiger partial charge in [-0.25, -0.2) is 0 Å². The monoisotopic (exact) mass is 249 g/mol. The van der Waals surface area contributed by atoms with Crippen molar-refractivity contribution in [1.29, 1.82) is 0 Å². The molecule has 0 aromatic carbocycles. The summed E-state index contributed by atoms with van der Waals surface area (Å²) in [7, 11) is 0. The number of hydrogen-bond acceptors (Lipinski definition) is 5. The number of tetrazole rings is 1. The predicted molar refractivity (Wildman–Crippen MR) is 61.4 cm³/mol. The first-order valence-corrected chi connectivity index (χ1v) is 6.29. The predicted octanol–water partition coefficient (Wildman–Crippen LogP) is 1.07. The number of amides is 1. The van der Waals surface area contributed by atoms with Gasteiger partial charge in [-0.3, -0.25) is 4.79 Å². The van der Waals surface area contributed by atoms with Gasteiger partial charge in [0.15, 0.2) is 0 Å². The summed E-state index contributed by atoms with van der Waals surface area (Å²) in [5.41, 5.74) is 0. The maximum absolute atomic E-state index is 12.2. The minimum Gasteiger partial charge on any atom is -0.328 e. The summed E-state index contributed by atoms with van der Waals surface area (Å²) < 4.78 is 0. The number of carbonyl (C=O) groups is 1. The zero-order valence-corrected chi connectivity index (χ0v) is 9.85. The number of nitrogens with zero attached hydrogens (tertiary/aromatic N) is 4. The van der Waals surface area contributed by atoms with Gasteiger partial charge < -0.3 is 4.90 Å². The highest BCUT2D eigenvalue weighted by Crippen LogP contribution is 2.30. The van der Waals surface area contributed by atoms with E-state index in [1.165, 1.54) is 4.88 Å². The second-order valence-corrected chi connectivity index (χ2v) is 5.01. The lowest BCUT2D eigenvalue weighted by atomic mass is 10.3. The van der Waals surface area contributed by atoms with Crippen molar-refractivity contribution >= 4 is 17.2 Å². The topological polar surface area (TPSA) is 74.8 Å². The highest BCUT2D eigenvalue weighted by molar-refractivity contribution is 7.09. The number of nitrogens with one attached hydrogen (secondary N) is 1. The third-order valence-electron chi connectivity index (χ3n) is 2.69. The van der Waals surface area contributed by atoms with E-state index in [0.29, 0.717) is 12.6 Å². The molecule has 2 aromatic heterocycles. The molecule has 2 aromatic rings. The maximum atomic E-state index is 12.2. The smallest absolute Gasteiger partial charge is 0.296 e. The molecule has 0 bridgehead atoms. The van der Waals surface area contributed by atoms with E-state index in [-0.39, 0.29) is 11.7 Å². The van der Waals surface area contributed by atoms with Gasteiger partial charge in [0.25, 0.3) is 11.7 Å². The third-order valence-corrected chi connectivity index (χ3v) is 3.55. The Hall–Kier alpha value is -1.76. The van der Waals surface area contributed by atoms with E-state index in [1.54, 1.807) is 11.3 Å². The van der Waals surface area contributed by atoms with E-state index in [0.717, 1.165) is 12.8 Å². The molecule has 0 unspecified atom stereocenters. The van der Waals surface area contributed by atoms with Crippen LogP contribution in [0.4, 0.5) is 0 Å². The highest BCUT2D eigenvalue weighted by atomic mass is 32.1. The van der Waals surface area contributed by atoms with Crippen molar-refractivity contribution in [2.24, 2.45) is 0 Å². The number of rotatable bonds is 4. The van der Waals surface area contributed by atoms with Gasteiger partial charge >= 0.3 is 0 Å². The standard InChI is InChI=1S/C10H11N5OS/c16-10(9-11-13-14-12-9)15(7-3-4-7)6-8-2-1-5-17-8/h1-2,5,7H,3-4,6H2,(H,11,12,13,14). The number of aromatic amines is 1. The minimum atomic E-state index is -0.144. The largest absolute Gasteiger partial charge is 0.328 e. The molecule has 2 heterocycles. The van der Waals surface area contributed by atoms with Crippen LogP contribution in [0.3, 0.4) is 0 Å². The van der Waals surface area contributed by atoms with Gasteiger partial charge in [-0.2, -0.15) is 5.21 Å². The first-order valence-electron chi connectivity index (χ1n) is 5.41. The van der Waals surface area contributed by atoms with Crippen molar-refractivity contribution in [1.82, 2.24) is 25.5 Å². The van der Waals surface area contributed by atoms with Gasteiger partial charge in [0.2, 0.25) is 0 Å². The fourth-order valence-electron chi connectivity index (χ4n) is 1.70. The van der Waals surface area contributed by atoms with Gasteiger partial charge in [-0.05, 0) is 29.5 Å². The SMILES string of the molecule is O=C(c1nn[nH]n1)N(Cc1cccs1)C1CC1. The van der Waals surface area contributed by atoms with Crippen molar-refractivity contribution in [3.05, 3.63) is 28.2 Å². The van der Waals surface area contributed by atoms with Crippen LogP contribution in [0.25, 0.3) is 0 Å². The molecule has 0 saturated heterocycles. The van der Waals surface area contributed by atoms with Gasteiger partial charge in [0, 0.05) is 10.9 Å². The fourth-order valence-corrected chi connectivity index (χ4v) is 2.41. The Kier molecular flexibility index (Phi) is 2.60. The van der Waals surface area contributed by atoms with Crippen LogP contribution in [0.15, 0.2) is 17.5 Å². The van der Waals surface area contributed by atoms with E-state index in [4.69, 9.17) is 0 Å². The zero-order chi connectivity index (χ0) is 11.7. The Morgan fingerprint density at radius 2 is 2.47 bits per heavy atom. The van der Waals surface area contributed by atoms with E-state index in [2.05, 4.69) is 20.6 Å². The van der Waals surface area contributed by atoms with Gasteiger partial charge in [0.05, 0.1) is 6.54 Å². The first-order chi connectivity index (χ1) is 8.34. The van der Waals surface area contributed by atoms with Crippen LogP contribution in [-0.2, 0) is 6.54 Å². The number of hydrogen-bond donors (Lipinski definition) is 1. The molecule has 3 rings (SSSR count). The Balaban J connectivity index is 1.78. The minimum absolute atomic E-state index is 0.144. The Morgan fingerprint density at radius 3 is 3.06 bits per heavy atom. The maximum Gasteiger partial charge on any atom is 0.296 e. The van der Waals surface area contributed by atoms with E-state index in [9.17, 15) is 4.79 Å². The molecule has 17 heavy (non-hydrogen) atoms. The van der Waals surface area contributed by atoms with Crippen molar-refractivity contribution in [3.8, 4) is 0 Å². The van der Waals surface area contributed by atoms with Gasteiger partial charge in [-0.15, -0.1) is 21.5 Å². The van der Waals surface area contributed by atoms with Gasteiger partial charge in [0.1, 0.15) is 0 Å². The average Bonchev–Trinajstić information content (AvgIpc) is 2.86. The normalized spacial score (nSPS) is 14.8. The summed E-state index contributed by atoms with van der Waals surface area (Å²) in [6.45, 7) is 0.635. The molecule has 1 amide bonds. The lowest BCUT2D eigenvalue weighted by Gasteiger charge is -2.19. The van der Waals surface area contributed by atoms with Crippen LogP contribution < -0.4 is 0 Å². The quantitative estimate of drug-likeness (QED) is 0.879. The second kappa shape index (κ2) is 4.25. The van der Waals surface area contributed by atoms with E-state index in [1.807, 2.05) is 22.4 Å². The molecule has 0 aliphatic heterocycles. The van der Waals surface area contributed by atoms with Crippen LogP contribution in [-0.4, -0.2) is 37.5 Å². The molecular formula is C10H11N5OS. The summed E-state index contributed by atoms with van der Waals surface area (Å²) in [4.78, 5) is 15.2. The van der Waals surface area contributed by atoms with E-state index >= 15 is 0 Å². The summed E-state index contributed by atoms with van der Waals surface area (Å²) >= 11 is 1.65. The lowest BCUT2D eigenvalue weighted by molar-refractivity contribution is 0.0719. The number of H-pyrrole nitrogens is 1. The molecule has 1 fully saturated rings. The van der Waals surface area contributed by atoms with Crippen LogP contribution in [0, 0.1) is 0 Å². The molecule has 0 atom stereocenters. The van der Waals surface area contributed by atoms with Crippen LogP contribution in [0.5, 0.6) is 0 Å². The number of carbonyl (C=O) groups excluding carboxylic acids is 1. The molecule has 1 N–H and O–H groups in total. The Labute approximate surface area is 102 Å². The molecule has 1 aliphatic carbocycles. The second-order valence-electron chi connectivity index (χ2n) is 3.98. The van der Waals surface area contributed by atoms with Crippen molar-refractivity contribution in [2.75, 3.05) is 0 Å². The number of aromatic nitrogens is 4. The van der Waals surface area contributed by atoms with Crippen molar-refractivity contribution in [3.63, 3.8) is 0 Å². The fraction of sp³-hybridized carbons (Fsp3) is 0.400. The van der Waals surface area contributed by atoms with E-state index < -0.39 is 0 Å². The summed E-state index contributed by atoms with van der Waals surface area (Å²) in [6.07, 6.45) is 2.13. The molecule has 6 nitrogen and oxygen atoms in total. The first kappa shape index (κ1) is 10.4. The Bertz CT molecular complexity index is 491. The third kappa shape index (κ3) is 2.19. The molecule has 0 spiro atoms. The summed E-state index contributed by atoms with van der Waals surface area (Å²) in [5.74, 6) is 0.00288. The molecule has 88 valence electrons. The van der Waals surface area contributed by atoms with Crippen LogP contribution >= 0.6 is 11.3 Å². The summed E-state index contributed by atoms with van der Waals surface area (Å²) in [6, 6.07) is 4.36. The van der Waals surface area contributed by atoms with Crippen LogP contribution in [0.2, 0.25) is 0 Å². The van der Waals surface area contributed by atoms with Gasteiger partial charge in [-0.1, -0.05) is 6.07 Å². The molecular weight excluding hydrogens is 238 g/mol. The number of thiophene rings is 1. The molecule has 7 heteroatoms. The summed E-state index contributed by atoms with van der Waals surface area (Å²) in [5, 5.41) is 15.2. The molecule has 1 saturated carbocycles. The highest BCUT2D eigenvalue weighted by Gasteiger charge is 2.34. The lowest BCUT2D eigenvalue weighted by Crippen LogP contribution is -2.33. The van der Waals surface area contributed by atoms with Crippen molar-refractivity contribution < 1.29 is 4.79 Å². The molecule has 0 radical (unpaired) electrons. The average molecular weight is 249 g/mol. The van der Waals surface area contributed by atoms with Crippen molar-refractivity contribution in [2.45, 2.75) is 25.4 Å². The Morgan fingerprint density at radius 1 is 1.59 bits per heavy atom.